The van der Waals surface area contributed by atoms with E-state index in [0.29, 0.717) is 5.04 Å². The fourth-order valence-electron chi connectivity index (χ4n) is 2.44. The summed E-state index contributed by atoms with van der Waals surface area (Å²) in [5, 5.41) is 1.69. The summed E-state index contributed by atoms with van der Waals surface area (Å²) in [6.45, 7) is 14.2. The van der Waals surface area contributed by atoms with Gasteiger partial charge >= 0.3 is 0 Å². The normalized spacial score (nSPS) is 13.2. The van der Waals surface area contributed by atoms with E-state index in [2.05, 4.69) is 95.2 Å². The zero-order valence-corrected chi connectivity index (χ0v) is 17.3. The highest BCUT2D eigenvalue weighted by Gasteiger charge is 2.38. The lowest BCUT2D eigenvalue weighted by molar-refractivity contribution is 0.703. The second kappa shape index (κ2) is 5.29. The maximum absolute atomic E-state index is 3.79. The lowest BCUT2D eigenvalue weighted by Gasteiger charge is -2.38. The number of fused-ring (bicyclic) bond motifs is 1. The largest absolute Gasteiger partial charge is 0.373 e. The summed E-state index contributed by atoms with van der Waals surface area (Å²) >= 11 is 7.49. The van der Waals surface area contributed by atoms with Crippen molar-refractivity contribution < 1.29 is 0 Å². The van der Waals surface area contributed by atoms with Crippen LogP contribution in [0.15, 0.2) is 27.3 Å². The van der Waals surface area contributed by atoms with Crippen molar-refractivity contribution in [3.8, 4) is 0 Å². The van der Waals surface area contributed by atoms with E-state index in [1.807, 2.05) is 0 Å². The minimum absolute atomic E-state index is 0.313. The molecule has 0 spiro atoms. The van der Waals surface area contributed by atoms with Crippen LogP contribution in [0.1, 0.15) is 33.3 Å². The highest BCUT2D eigenvalue weighted by Crippen LogP contribution is 2.42. The first-order valence-electron chi connectivity index (χ1n) is 7.09. The molecule has 1 aromatic heterocycles. The molecule has 0 atom stereocenters. The molecule has 0 fully saturated rings. The molecule has 0 N–H and O–H groups in total. The van der Waals surface area contributed by atoms with E-state index in [1.54, 1.807) is 0 Å². The summed E-state index contributed by atoms with van der Waals surface area (Å²) in [4.78, 5) is 0. The predicted octanol–water partition coefficient (Wildman–Crippen LogP) is 6.58. The van der Waals surface area contributed by atoms with Crippen molar-refractivity contribution in [2.75, 3.05) is 0 Å². The standard InChI is InChI=1S/C16H23Br2NSi/c1-7-11-10-13(17)14(18)15-12(11)8-9-19(15)20(5,6)16(2,3)4/h8-10H,7H2,1-6H3. The first kappa shape index (κ1) is 16.3. The smallest absolute Gasteiger partial charge is 0.161 e. The van der Waals surface area contributed by atoms with Crippen LogP contribution in [0.4, 0.5) is 0 Å². The van der Waals surface area contributed by atoms with Crippen molar-refractivity contribution in [3.63, 3.8) is 0 Å². The van der Waals surface area contributed by atoms with E-state index >= 15 is 0 Å². The van der Waals surface area contributed by atoms with Crippen LogP contribution in [-0.4, -0.2) is 12.5 Å². The first-order valence-corrected chi connectivity index (χ1v) is 11.6. The molecule has 0 bridgehead atoms. The summed E-state index contributed by atoms with van der Waals surface area (Å²) < 4.78 is 4.89. The van der Waals surface area contributed by atoms with Gasteiger partial charge in [-0.3, -0.25) is 0 Å². The fraction of sp³-hybridized carbons (Fsp3) is 0.500. The maximum atomic E-state index is 3.79. The zero-order chi connectivity index (χ0) is 15.3. The SMILES string of the molecule is CCc1cc(Br)c(Br)c2c1ccn2[Si](C)(C)C(C)(C)C. The van der Waals surface area contributed by atoms with Crippen LogP contribution in [0.2, 0.25) is 18.1 Å². The highest BCUT2D eigenvalue weighted by atomic mass is 79.9. The van der Waals surface area contributed by atoms with Crippen molar-refractivity contribution in [2.45, 2.75) is 52.2 Å². The van der Waals surface area contributed by atoms with Gasteiger partial charge in [-0.2, -0.15) is 0 Å². The van der Waals surface area contributed by atoms with E-state index in [-0.39, 0.29) is 0 Å². The predicted molar refractivity (Wildman–Crippen MR) is 99.3 cm³/mol. The Kier molecular flexibility index (Phi) is 4.31. The molecular weight excluding hydrogens is 394 g/mol. The molecular formula is C16H23Br2NSi. The molecule has 0 radical (unpaired) electrons. The molecule has 110 valence electrons. The van der Waals surface area contributed by atoms with Gasteiger partial charge in [0.05, 0.1) is 9.99 Å². The van der Waals surface area contributed by atoms with Gasteiger partial charge in [0.25, 0.3) is 0 Å². The Morgan fingerprint density at radius 3 is 2.30 bits per heavy atom. The second-order valence-electron chi connectivity index (χ2n) is 6.94. The molecule has 2 rings (SSSR count). The van der Waals surface area contributed by atoms with Crippen molar-refractivity contribution >= 4 is 51.0 Å². The molecule has 0 amide bonds. The van der Waals surface area contributed by atoms with Crippen LogP contribution < -0.4 is 0 Å². The molecule has 0 saturated heterocycles. The summed E-state index contributed by atoms with van der Waals surface area (Å²) in [7, 11) is -1.62. The summed E-state index contributed by atoms with van der Waals surface area (Å²) in [5.74, 6) is 0. The van der Waals surface area contributed by atoms with Gasteiger partial charge in [-0.25, -0.2) is 0 Å². The average molecular weight is 417 g/mol. The van der Waals surface area contributed by atoms with Crippen molar-refractivity contribution in [2.24, 2.45) is 0 Å². The summed E-state index contributed by atoms with van der Waals surface area (Å²) in [6.07, 6.45) is 3.35. The third-order valence-electron chi connectivity index (χ3n) is 4.77. The van der Waals surface area contributed by atoms with Crippen LogP contribution in [0.3, 0.4) is 0 Å². The van der Waals surface area contributed by atoms with Gasteiger partial charge in [0.15, 0.2) is 8.24 Å². The quantitative estimate of drug-likeness (QED) is 0.487. The molecule has 2 aromatic rings. The summed E-state index contributed by atoms with van der Waals surface area (Å²) in [5.41, 5.74) is 2.76. The molecule has 20 heavy (non-hydrogen) atoms. The Hall–Kier alpha value is -0.0631. The Bertz CT molecular complexity index is 651. The van der Waals surface area contributed by atoms with Gasteiger partial charge in [-0.1, -0.05) is 40.8 Å². The fourth-order valence-corrected chi connectivity index (χ4v) is 5.55. The van der Waals surface area contributed by atoms with Crippen molar-refractivity contribution in [1.29, 1.82) is 0 Å². The van der Waals surface area contributed by atoms with Crippen LogP contribution in [-0.2, 0) is 6.42 Å². The van der Waals surface area contributed by atoms with Crippen LogP contribution in [0.5, 0.6) is 0 Å². The molecule has 4 heteroatoms. The Morgan fingerprint density at radius 2 is 1.80 bits per heavy atom. The number of benzene rings is 1. The third-order valence-corrected chi connectivity index (χ3v) is 12.0. The molecule has 1 aromatic carbocycles. The number of rotatable bonds is 2. The number of aryl methyl sites for hydroxylation is 1. The van der Waals surface area contributed by atoms with Crippen LogP contribution in [0, 0.1) is 0 Å². The van der Waals surface area contributed by atoms with Gasteiger partial charge in [-0.15, -0.1) is 0 Å². The minimum atomic E-state index is -1.62. The monoisotopic (exact) mass is 415 g/mol. The molecule has 0 saturated carbocycles. The Morgan fingerprint density at radius 1 is 1.20 bits per heavy atom. The third kappa shape index (κ3) is 2.44. The molecule has 0 aliphatic rings. The lowest BCUT2D eigenvalue weighted by atomic mass is 10.1. The van der Waals surface area contributed by atoms with E-state index in [4.69, 9.17) is 0 Å². The van der Waals surface area contributed by atoms with E-state index < -0.39 is 8.24 Å². The lowest BCUT2D eigenvalue weighted by Crippen LogP contribution is -2.45. The Labute approximate surface area is 140 Å². The maximum Gasteiger partial charge on any atom is 0.161 e. The molecule has 1 heterocycles. The molecule has 0 aliphatic carbocycles. The van der Waals surface area contributed by atoms with Crippen molar-refractivity contribution in [3.05, 3.63) is 32.8 Å². The second-order valence-corrected chi connectivity index (χ2v) is 13.7. The number of aromatic nitrogens is 1. The number of hydrogen-bond acceptors (Lipinski definition) is 0. The molecule has 0 unspecified atom stereocenters. The van der Waals surface area contributed by atoms with Crippen LogP contribution >= 0.6 is 31.9 Å². The van der Waals surface area contributed by atoms with Gasteiger partial charge in [0.1, 0.15) is 0 Å². The van der Waals surface area contributed by atoms with E-state index in [9.17, 15) is 0 Å². The number of nitrogens with zero attached hydrogens (tertiary/aromatic N) is 1. The van der Waals surface area contributed by atoms with Gasteiger partial charge in [0, 0.05) is 9.86 Å². The minimum Gasteiger partial charge on any atom is -0.373 e. The topological polar surface area (TPSA) is 4.93 Å². The number of halogens is 2. The van der Waals surface area contributed by atoms with Crippen LogP contribution in [0.25, 0.3) is 10.9 Å². The average Bonchev–Trinajstić information content (AvgIpc) is 2.77. The van der Waals surface area contributed by atoms with E-state index in [1.165, 1.54) is 20.9 Å². The Balaban J connectivity index is 2.84. The van der Waals surface area contributed by atoms with Gasteiger partial charge in [-0.05, 0) is 67.2 Å². The molecule has 0 aliphatic heterocycles. The first-order chi connectivity index (χ1) is 9.11. The summed E-state index contributed by atoms with van der Waals surface area (Å²) in [6, 6.07) is 4.52. The van der Waals surface area contributed by atoms with Crippen molar-refractivity contribution in [1.82, 2.24) is 4.23 Å². The van der Waals surface area contributed by atoms with Gasteiger partial charge < -0.3 is 4.23 Å². The van der Waals surface area contributed by atoms with Gasteiger partial charge in [0.2, 0.25) is 0 Å². The zero-order valence-electron chi connectivity index (χ0n) is 13.1. The highest BCUT2D eigenvalue weighted by molar-refractivity contribution is 9.13. The number of hydrogen-bond donors (Lipinski definition) is 0. The molecule has 1 nitrogen and oxygen atoms in total. The van der Waals surface area contributed by atoms with E-state index in [0.717, 1.165) is 10.9 Å².